The molecule has 17 nitrogen and oxygen atoms in total. The molecule has 1 fully saturated rings. The van der Waals surface area contributed by atoms with Gasteiger partial charge >= 0.3 is 5.97 Å². The van der Waals surface area contributed by atoms with Gasteiger partial charge in [-0.15, -0.1) is 0 Å². The molecule has 0 bridgehead atoms. The van der Waals surface area contributed by atoms with Crippen LogP contribution in [0, 0.1) is 0 Å². The molecule has 19 heteroatoms. The predicted octanol–water partition coefficient (Wildman–Crippen LogP) is -0.0699. The smallest absolute Gasteiger partial charge is 0.330 e. The fourth-order valence-electron chi connectivity index (χ4n) is 3.91. The zero-order chi connectivity index (χ0) is 36.9. The van der Waals surface area contributed by atoms with Crippen LogP contribution >= 0.6 is 11.8 Å². The van der Waals surface area contributed by atoms with Gasteiger partial charge in [-0.05, 0) is 41.5 Å². The van der Waals surface area contributed by atoms with Crippen molar-refractivity contribution < 1.29 is 76.1 Å². The van der Waals surface area contributed by atoms with Gasteiger partial charge in [0.2, 0.25) is 5.75 Å². The summed E-state index contributed by atoms with van der Waals surface area (Å²) >= 11 is 0.643. The largest absolute Gasteiger partial charge is 0.714 e. The van der Waals surface area contributed by atoms with Gasteiger partial charge in [0.25, 0.3) is 10.4 Å². The molecule has 49 heavy (non-hydrogen) atoms. The Kier molecular flexibility index (Phi) is 16.0. The lowest BCUT2D eigenvalue weighted by molar-refractivity contribution is -0.870. The Bertz CT molecular complexity index is 1500. The summed E-state index contributed by atoms with van der Waals surface area (Å²) in [6.45, 7) is 0.452. The van der Waals surface area contributed by atoms with Gasteiger partial charge in [-0.3, -0.25) is 4.28 Å². The third kappa shape index (κ3) is 14.4. The third-order valence-electron chi connectivity index (χ3n) is 6.54. The first kappa shape index (κ1) is 41.5. The number of benzene rings is 2. The van der Waals surface area contributed by atoms with Crippen LogP contribution in [0.15, 0.2) is 47.6 Å². The highest BCUT2D eigenvalue weighted by atomic mass is 32.3. The number of thioether (sulfide) groups is 1. The fraction of sp³-hybridized carbons (Fsp3) is 0.467. The predicted molar refractivity (Wildman–Crippen MR) is 175 cm³/mol. The summed E-state index contributed by atoms with van der Waals surface area (Å²) in [5.74, 6) is 0.0548. The highest BCUT2D eigenvalue weighted by Crippen LogP contribution is 2.37. The topological polar surface area (TPSA) is 254 Å². The van der Waals surface area contributed by atoms with Crippen molar-refractivity contribution in [2.45, 2.75) is 36.3 Å². The van der Waals surface area contributed by atoms with E-state index >= 15 is 0 Å². The number of quaternary nitrogens is 1. The first-order chi connectivity index (χ1) is 22.9. The third-order valence-corrected chi connectivity index (χ3v) is 7.91. The van der Waals surface area contributed by atoms with E-state index in [9.17, 15) is 48.4 Å². The minimum Gasteiger partial charge on any atom is -0.714 e. The summed E-state index contributed by atoms with van der Waals surface area (Å²) < 4.78 is 57.2. The molecule has 2 aromatic rings. The number of esters is 1. The Morgan fingerprint density at radius 3 is 2.12 bits per heavy atom. The van der Waals surface area contributed by atoms with Crippen molar-refractivity contribution in [1.29, 1.82) is 0 Å². The Hall–Kier alpha value is -3.66. The number of carbonyl (C=O) groups excluding carboxylic acids is 1. The van der Waals surface area contributed by atoms with E-state index in [0.717, 1.165) is 11.0 Å². The summed E-state index contributed by atoms with van der Waals surface area (Å²) in [6, 6.07) is 8.96. The minimum absolute atomic E-state index is 0.00258. The summed E-state index contributed by atoms with van der Waals surface area (Å²) in [4.78, 5) is 11.7. The molecule has 274 valence electrons. The molecule has 0 radical (unpaired) electrons. The van der Waals surface area contributed by atoms with Gasteiger partial charge in [-0.2, -0.15) is 8.42 Å². The van der Waals surface area contributed by atoms with Crippen molar-refractivity contribution in [3.63, 3.8) is 0 Å². The number of phenolic OH excluding ortho intramolecular Hbond substituents is 2. The molecule has 1 saturated heterocycles. The van der Waals surface area contributed by atoms with E-state index in [1.807, 2.05) is 21.1 Å². The van der Waals surface area contributed by atoms with Crippen LogP contribution in [0.2, 0.25) is 0 Å². The van der Waals surface area contributed by atoms with Crippen LogP contribution in [0.25, 0.3) is 6.08 Å². The Morgan fingerprint density at radius 1 is 1.02 bits per heavy atom. The van der Waals surface area contributed by atoms with Gasteiger partial charge in [-0.25, -0.2) is 4.79 Å². The molecule has 0 unspecified atom stereocenters. The lowest BCUT2D eigenvalue weighted by Crippen LogP contribution is -2.57. The Balaban J connectivity index is 0.000000348. The average molecular weight is 735 g/mol. The summed E-state index contributed by atoms with van der Waals surface area (Å²) in [6.07, 6.45) is -3.10. The van der Waals surface area contributed by atoms with Crippen LogP contribution in [0.3, 0.4) is 0 Å². The second-order valence-electron chi connectivity index (χ2n) is 11.4. The number of oxime groups is 1. The van der Waals surface area contributed by atoms with Crippen LogP contribution in [0.1, 0.15) is 11.1 Å². The van der Waals surface area contributed by atoms with Gasteiger partial charge in [0.1, 0.15) is 53.8 Å². The molecule has 1 heterocycles. The van der Waals surface area contributed by atoms with Gasteiger partial charge in [0.05, 0.1) is 42.0 Å². The monoisotopic (exact) mass is 734 g/mol. The number of hydrogen-bond acceptors (Lipinski definition) is 17. The number of hydrogen-bond donors (Lipinski definition) is 6. The molecule has 6 N–H and O–H groups in total. The van der Waals surface area contributed by atoms with E-state index in [1.165, 1.54) is 44.6 Å². The van der Waals surface area contributed by atoms with Crippen molar-refractivity contribution in [3.05, 3.63) is 53.6 Å². The molecule has 1 aliphatic rings. The highest BCUT2D eigenvalue weighted by molar-refractivity contribution is 8.14. The van der Waals surface area contributed by atoms with Crippen LogP contribution in [-0.4, -0.2) is 144 Å². The van der Waals surface area contributed by atoms with Gasteiger partial charge < -0.3 is 58.6 Å². The second kappa shape index (κ2) is 18.9. The Labute approximate surface area is 288 Å². The molecule has 2 aromatic carbocycles. The van der Waals surface area contributed by atoms with E-state index < -0.39 is 52.8 Å². The number of aromatic hydroxyl groups is 2. The summed E-state index contributed by atoms with van der Waals surface area (Å²) in [5, 5.41) is 61.1. The Morgan fingerprint density at radius 2 is 1.61 bits per heavy atom. The number of aliphatic hydroxyl groups is 4. The molecule has 0 aliphatic carbocycles. The highest BCUT2D eigenvalue weighted by Gasteiger charge is 2.44. The van der Waals surface area contributed by atoms with Crippen molar-refractivity contribution in [2.24, 2.45) is 5.16 Å². The molecule has 0 amide bonds. The summed E-state index contributed by atoms with van der Waals surface area (Å²) in [5.41, 5.74) is -0.0278. The molecule has 0 saturated carbocycles. The van der Waals surface area contributed by atoms with Gasteiger partial charge in [0, 0.05) is 12.5 Å². The number of likely N-dealkylation sites (N-methyl/N-ethyl adjacent to an activating group) is 1. The maximum atomic E-state index is 11.7. The number of carbonyl (C=O) groups is 1. The van der Waals surface area contributed by atoms with E-state index in [-0.39, 0.29) is 34.5 Å². The normalized spacial score (nSPS) is 21.4. The van der Waals surface area contributed by atoms with Crippen LogP contribution < -0.4 is 9.47 Å². The molecular formula is C30H42N2O15S2. The van der Waals surface area contributed by atoms with Crippen LogP contribution in [-0.2, 0) is 35.4 Å². The van der Waals surface area contributed by atoms with Crippen molar-refractivity contribution in [3.8, 4) is 23.0 Å². The van der Waals surface area contributed by atoms with Gasteiger partial charge in [-0.1, -0.05) is 29.1 Å². The zero-order valence-corrected chi connectivity index (χ0v) is 29.0. The number of methoxy groups -OCH3 is 2. The van der Waals surface area contributed by atoms with Crippen LogP contribution in [0.5, 0.6) is 23.0 Å². The second-order valence-corrected chi connectivity index (χ2v) is 13.6. The molecule has 1 aliphatic heterocycles. The maximum absolute atomic E-state index is 11.7. The van der Waals surface area contributed by atoms with Gasteiger partial charge in [0.15, 0.2) is 11.5 Å². The van der Waals surface area contributed by atoms with Crippen LogP contribution in [0.4, 0.5) is 0 Å². The van der Waals surface area contributed by atoms with E-state index in [2.05, 4.69) is 9.44 Å². The van der Waals surface area contributed by atoms with E-state index in [1.54, 1.807) is 18.2 Å². The molecular weight excluding hydrogens is 692 g/mol. The molecule has 0 spiro atoms. The SMILES string of the molecule is COc1cc(/C=C/C(=O)OCC[N+](C)(C)C)cc(OC)c1O.O=S(=O)([O-])O/N=C(/Cc1ccc(O)cc1)S[C@@H]1O[C@H](CO)[C@@H](O)[C@H](O)[C@H]1O. The lowest BCUT2D eigenvalue weighted by atomic mass is 10.0. The number of nitrogens with zero attached hydrogens (tertiary/aromatic N) is 2. The van der Waals surface area contributed by atoms with E-state index in [0.29, 0.717) is 29.5 Å². The first-order valence-corrected chi connectivity index (χ1v) is 16.7. The first-order valence-electron chi connectivity index (χ1n) is 14.4. The number of aliphatic hydroxyl groups excluding tert-OH is 4. The van der Waals surface area contributed by atoms with E-state index in [4.69, 9.17) is 18.9 Å². The number of phenols is 2. The zero-order valence-electron chi connectivity index (χ0n) is 27.4. The summed E-state index contributed by atoms with van der Waals surface area (Å²) in [7, 11) is 3.84. The molecule has 0 aromatic heterocycles. The molecule has 5 atom stereocenters. The fourth-order valence-corrected chi connectivity index (χ4v) is 5.24. The number of rotatable bonds is 13. The van der Waals surface area contributed by atoms with Crippen molar-refractivity contribution >= 4 is 39.2 Å². The quantitative estimate of drug-likeness (QED) is 0.0230. The standard InChI is InChI=1S/C16H23NO5.C14H19NO10S2/c1-17(2,3)8-9-22-15(18)7-6-12-10-13(20-4)16(19)14(11-12)21-5;16-6-9-11(18)12(19)13(20)14(24-9)26-10(15-25-27(21,22)23)5-7-1-3-8(17)4-2-7/h6-7,10-11H,8-9H2,1-5H3;1-4,9,11-14,16-20H,5-6H2,(H,21,22,23)/b;15-10-/t;9-,11-,12+,13-,14+/m.1/s1. The average Bonchev–Trinajstić information content (AvgIpc) is 3.03. The van der Waals surface area contributed by atoms with Crippen molar-refractivity contribution in [1.82, 2.24) is 0 Å². The molecule has 3 rings (SSSR count). The minimum atomic E-state index is -5.13. The lowest BCUT2D eigenvalue weighted by Gasteiger charge is -2.39. The maximum Gasteiger partial charge on any atom is 0.330 e. The number of ether oxygens (including phenoxy) is 4. The van der Waals surface area contributed by atoms with Crippen molar-refractivity contribution in [2.75, 3.05) is 55.1 Å².